The number of rotatable bonds is 8. The van der Waals surface area contributed by atoms with Crippen molar-refractivity contribution in [2.75, 3.05) is 20.3 Å². The predicted octanol–water partition coefficient (Wildman–Crippen LogP) is 2.01. The maximum atomic E-state index is 12.5. The number of ether oxygens (including phenoxy) is 1. The fraction of sp³-hybridized carbons (Fsp3) is 0.571. The molecule has 0 unspecified atom stereocenters. The van der Waals surface area contributed by atoms with E-state index in [1.807, 2.05) is 19.2 Å². The Labute approximate surface area is 138 Å². The summed E-state index contributed by atoms with van der Waals surface area (Å²) in [5.41, 5.74) is 0. The Morgan fingerprint density at radius 2 is 2.39 bits per heavy atom. The van der Waals surface area contributed by atoms with Crippen molar-refractivity contribution in [2.45, 2.75) is 32.9 Å². The number of aromatic nitrogens is 3. The van der Waals surface area contributed by atoms with E-state index in [2.05, 4.69) is 20.4 Å². The highest BCUT2D eigenvalue weighted by atomic mass is 32.1. The summed E-state index contributed by atoms with van der Waals surface area (Å²) in [5.74, 6) is 1.02. The van der Waals surface area contributed by atoms with E-state index in [4.69, 9.17) is 9.26 Å². The Hall–Kier alpha value is -2.00. The molecule has 8 nitrogen and oxygen atoms in total. The molecule has 0 aromatic carbocycles. The zero-order chi connectivity index (χ0) is 16.7. The largest absolute Gasteiger partial charge is 0.383 e. The lowest BCUT2D eigenvalue weighted by Gasteiger charge is -2.23. The van der Waals surface area contributed by atoms with E-state index in [0.717, 1.165) is 5.01 Å². The highest BCUT2D eigenvalue weighted by molar-refractivity contribution is 7.09. The number of thiazole rings is 1. The molecule has 1 atom stereocenters. The van der Waals surface area contributed by atoms with Gasteiger partial charge in [-0.05, 0) is 6.92 Å². The van der Waals surface area contributed by atoms with Crippen LogP contribution < -0.4 is 5.32 Å². The van der Waals surface area contributed by atoms with Crippen LogP contribution in [0.3, 0.4) is 0 Å². The van der Waals surface area contributed by atoms with E-state index in [1.165, 1.54) is 11.3 Å². The van der Waals surface area contributed by atoms with Gasteiger partial charge in [0.15, 0.2) is 5.82 Å². The molecule has 0 saturated carbocycles. The van der Waals surface area contributed by atoms with Crippen molar-refractivity contribution in [3.05, 3.63) is 28.3 Å². The minimum atomic E-state index is -0.364. The second-order valence-corrected chi connectivity index (χ2v) is 5.89. The first-order valence-corrected chi connectivity index (χ1v) is 8.27. The number of nitrogens with zero attached hydrogens (tertiary/aromatic N) is 4. The normalized spacial score (nSPS) is 12.1. The van der Waals surface area contributed by atoms with E-state index in [1.54, 1.807) is 18.2 Å². The molecule has 0 aliphatic carbocycles. The zero-order valence-corrected chi connectivity index (χ0v) is 14.3. The molecule has 0 radical (unpaired) electrons. The van der Waals surface area contributed by atoms with Gasteiger partial charge in [-0.25, -0.2) is 9.78 Å². The maximum absolute atomic E-state index is 12.5. The third-order valence-electron chi connectivity index (χ3n) is 3.17. The number of urea groups is 1. The van der Waals surface area contributed by atoms with Gasteiger partial charge < -0.3 is 19.5 Å². The number of methoxy groups -OCH3 is 1. The van der Waals surface area contributed by atoms with Gasteiger partial charge in [-0.15, -0.1) is 11.3 Å². The summed E-state index contributed by atoms with van der Waals surface area (Å²) in [6.07, 6.45) is 2.41. The van der Waals surface area contributed by atoms with Crippen LogP contribution in [0.4, 0.5) is 4.79 Å². The zero-order valence-electron chi connectivity index (χ0n) is 13.5. The lowest BCUT2D eigenvalue weighted by molar-refractivity contribution is 0.144. The van der Waals surface area contributed by atoms with Crippen molar-refractivity contribution in [3.63, 3.8) is 0 Å². The van der Waals surface area contributed by atoms with Crippen molar-refractivity contribution < 1.29 is 14.1 Å². The van der Waals surface area contributed by atoms with Gasteiger partial charge in [-0.3, -0.25) is 0 Å². The van der Waals surface area contributed by atoms with E-state index >= 15 is 0 Å². The summed E-state index contributed by atoms with van der Waals surface area (Å²) in [4.78, 5) is 22.6. The molecule has 0 aliphatic rings. The number of nitrogens with one attached hydrogen (secondary N) is 1. The molecule has 2 aromatic heterocycles. The summed E-state index contributed by atoms with van der Waals surface area (Å²) in [6, 6.07) is -0.586. The van der Waals surface area contributed by atoms with Gasteiger partial charge in [-0.2, -0.15) is 4.98 Å². The Balaban J connectivity index is 1.98. The van der Waals surface area contributed by atoms with Gasteiger partial charge >= 0.3 is 6.03 Å². The molecule has 2 heterocycles. The van der Waals surface area contributed by atoms with Crippen molar-refractivity contribution in [1.29, 1.82) is 0 Å². The lowest BCUT2D eigenvalue weighted by atomic mass is 10.3. The quantitative estimate of drug-likeness (QED) is 0.791. The molecule has 2 amide bonds. The van der Waals surface area contributed by atoms with Crippen LogP contribution in [0.1, 0.15) is 36.6 Å². The van der Waals surface area contributed by atoms with Crippen LogP contribution in [0.2, 0.25) is 0 Å². The number of carbonyl (C=O) groups is 1. The second-order valence-electron chi connectivity index (χ2n) is 4.91. The smallest absolute Gasteiger partial charge is 0.318 e. The number of hydrogen-bond acceptors (Lipinski definition) is 7. The molecule has 1 N–H and O–H groups in total. The van der Waals surface area contributed by atoms with Crippen molar-refractivity contribution in [2.24, 2.45) is 0 Å². The van der Waals surface area contributed by atoms with Crippen molar-refractivity contribution in [3.8, 4) is 0 Å². The van der Waals surface area contributed by atoms with Gasteiger partial charge in [-0.1, -0.05) is 12.1 Å². The van der Waals surface area contributed by atoms with Gasteiger partial charge in [0.05, 0.1) is 13.2 Å². The molecule has 0 saturated heterocycles. The summed E-state index contributed by atoms with van der Waals surface area (Å²) in [5, 5.41) is 9.46. The fourth-order valence-electron chi connectivity index (χ4n) is 1.87. The Morgan fingerprint density at radius 3 is 3.00 bits per heavy atom. The monoisotopic (exact) mass is 339 g/mol. The molecule has 2 rings (SSSR count). The SMILES string of the molecule is CCc1noc([C@@H](C)NC(=O)N(CCOC)Cc2nccs2)n1. The average molecular weight is 339 g/mol. The van der Waals surface area contributed by atoms with E-state index in [0.29, 0.717) is 37.8 Å². The van der Waals surface area contributed by atoms with Gasteiger partial charge in [0.1, 0.15) is 11.0 Å². The third kappa shape index (κ3) is 5.00. The highest BCUT2D eigenvalue weighted by Gasteiger charge is 2.21. The van der Waals surface area contributed by atoms with Crippen LogP contribution in [0.25, 0.3) is 0 Å². The number of carbonyl (C=O) groups excluding carboxylic acids is 1. The maximum Gasteiger partial charge on any atom is 0.318 e. The molecular formula is C14H21N5O3S. The summed E-state index contributed by atoms with van der Waals surface area (Å²) >= 11 is 1.51. The van der Waals surface area contributed by atoms with Crippen LogP contribution in [0.15, 0.2) is 16.1 Å². The first-order valence-electron chi connectivity index (χ1n) is 7.39. The summed E-state index contributed by atoms with van der Waals surface area (Å²) < 4.78 is 10.2. The van der Waals surface area contributed by atoms with Crippen LogP contribution in [-0.2, 0) is 17.7 Å². The average Bonchev–Trinajstić information content (AvgIpc) is 3.22. The van der Waals surface area contributed by atoms with E-state index < -0.39 is 0 Å². The molecular weight excluding hydrogens is 318 g/mol. The number of amides is 2. The first kappa shape index (κ1) is 17.4. The van der Waals surface area contributed by atoms with Crippen LogP contribution in [0.5, 0.6) is 0 Å². The van der Waals surface area contributed by atoms with Crippen LogP contribution >= 0.6 is 11.3 Å². The molecule has 0 spiro atoms. The molecule has 0 bridgehead atoms. The molecule has 0 aliphatic heterocycles. The standard InChI is InChI=1S/C14H21N5O3S/c1-4-11-17-13(22-18-11)10(2)16-14(20)19(6-7-21-3)9-12-15-5-8-23-12/h5,8,10H,4,6-7,9H2,1-3H3,(H,16,20)/t10-/m1/s1. The number of hydrogen-bond donors (Lipinski definition) is 1. The Bertz CT molecular complexity index is 601. The molecule has 2 aromatic rings. The molecule has 126 valence electrons. The minimum Gasteiger partial charge on any atom is -0.383 e. The van der Waals surface area contributed by atoms with Gasteiger partial charge in [0.25, 0.3) is 0 Å². The molecule has 0 fully saturated rings. The van der Waals surface area contributed by atoms with Crippen molar-refractivity contribution in [1.82, 2.24) is 25.3 Å². The van der Waals surface area contributed by atoms with Gasteiger partial charge in [0, 0.05) is 31.7 Å². The second kappa shape index (κ2) is 8.59. The molecule has 9 heteroatoms. The van der Waals surface area contributed by atoms with E-state index in [9.17, 15) is 4.79 Å². The third-order valence-corrected chi connectivity index (χ3v) is 3.94. The topological polar surface area (TPSA) is 93.4 Å². The Morgan fingerprint density at radius 1 is 1.57 bits per heavy atom. The van der Waals surface area contributed by atoms with Crippen molar-refractivity contribution >= 4 is 17.4 Å². The fourth-order valence-corrected chi connectivity index (χ4v) is 2.50. The van der Waals surface area contributed by atoms with E-state index in [-0.39, 0.29) is 12.1 Å². The lowest BCUT2D eigenvalue weighted by Crippen LogP contribution is -2.42. The summed E-state index contributed by atoms with van der Waals surface area (Å²) in [7, 11) is 1.60. The predicted molar refractivity (Wildman–Crippen MR) is 85.0 cm³/mol. The number of aryl methyl sites for hydroxylation is 1. The Kier molecular flexibility index (Phi) is 6.48. The van der Waals surface area contributed by atoms with Gasteiger partial charge in [0.2, 0.25) is 5.89 Å². The van der Waals surface area contributed by atoms with Crippen LogP contribution in [0, 0.1) is 0 Å². The summed E-state index contributed by atoms with van der Waals surface area (Å²) in [6.45, 7) is 5.11. The minimum absolute atomic E-state index is 0.221. The highest BCUT2D eigenvalue weighted by Crippen LogP contribution is 2.12. The first-order chi connectivity index (χ1) is 11.1. The molecule has 23 heavy (non-hydrogen) atoms. The van der Waals surface area contributed by atoms with Crippen LogP contribution in [-0.4, -0.2) is 46.3 Å².